The largest absolute Gasteiger partial charge is 0.354 e. The highest BCUT2D eigenvalue weighted by molar-refractivity contribution is 7.22. The lowest BCUT2D eigenvalue weighted by Crippen LogP contribution is -2.50. The molecule has 0 unspecified atom stereocenters. The van der Waals surface area contributed by atoms with Gasteiger partial charge in [0.05, 0.1) is 16.1 Å². The first-order chi connectivity index (χ1) is 16.5. The number of anilines is 1. The number of hydrogen-bond acceptors (Lipinski definition) is 7. The van der Waals surface area contributed by atoms with E-state index in [1.165, 1.54) is 0 Å². The third-order valence-corrected chi connectivity index (χ3v) is 7.95. The third-order valence-electron chi connectivity index (χ3n) is 6.57. The van der Waals surface area contributed by atoms with Crippen LogP contribution in [0.15, 0.2) is 30.5 Å². The minimum absolute atomic E-state index is 0. The Labute approximate surface area is 246 Å². The van der Waals surface area contributed by atoms with E-state index in [4.69, 9.17) is 16.6 Å². The molecule has 1 aromatic carbocycles. The normalized spacial score (nSPS) is 17.9. The van der Waals surface area contributed by atoms with E-state index in [0.29, 0.717) is 34.3 Å². The van der Waals surface area contributed by atoms with Gasteiger partial charge in [-0.15, -0.1) is 48.6 Å². The number of aromatic nitrogens is 2. The maximum absolute atomic E-state index is 12.7. The molecule has 2 aliphatic rings. The number of thiophene rings is 1. The van der Waals surface area contributed by atoms with Crippen LogP contribution in [0, 0.1) is 0 Å². The van der Waals surface area contributed by atoms with E-state index < -0.39 is 0 Å². The Morgan fingerprint density at radius 1 is 1.22 bits per heavy atom. The van der Waals surface area contributed by atoms with Crippen LogP contribution < -0.4 is 10.6 Å². The second kappa shape index (κ2) is 14.1. The van der Waals surface area contributed by atoms with Crippen molar-refractivity contribution < 1.29 is 4.79 Å². The summed E-state index contributed by atoms with van der Waals surface area (Å²) in [5.74, 6) is 0.568. The molecule has 1 aliphatic carbocycles. The lowest BCUT2D eigenvalue weighted by molar-refractivity contribution is 0.0952. The Kier molecular flexibility index (Phi) is 12.1. The second-order valence-electron chi connectivity index (χ2n) is 9.39. The smallest absolute Gasteiger partial charge is 0.252 e. The number of carbonyl (C=O) groups is 1. The SMILES string of the molecule is C[C@H]1CN(C)CCN1CCCNc1ncc(Cl)c(-c2cc3c(C(=O)NC4CC4)cccc3s2)n1.Cl.Cl.Cl. The summed E-state index contributed by atoms with van der Waals surface area (Å²) in [7, 11) is 2.19. The van der Waals surface area contributed by atoms with Crippen molar-refractivity contribution in [1.82, 2.24) is 25.1 Å². The third kappa shape index (κ3) is 7.82. The number of nitrogens with one attached hydrogen (secondary N) is 2. The fourth-order valence-electron chi connectivity index (χ4n) is 4.48. The van der Waals surface area contributed by atoms with Crippen molar-refractivity contribution in [2.24, 2.45) is 0 Å². The molecule has 1 amide bonds. The van der Waals surface area contributed by atoms with Gasteiger partial charge in [0.15, 0.2) is 0 Å². The molecule has 3 aromatic rings. The number of fused-ring (bicyclic) bond motifs is 1. The summed E-state index contributed by atoms with van der Waals surface area (Å²) in [6.07, 6.45) is 4.81. The fourth-order valence-corrected chi connectivity index (χ4v) is 5.82. The van der Waals surface area contributed by atoms with Gasteiger partial charge in [-0.2, -0.15) is 0 Å². The monoisotopic (exact) mass is 606 g/mol. The summed E-state index contributed by atoms with van der Waals surface area (Å²) in [6, 6.07) is 8.78. The zero-order valence-electron chi connectivity index (χ0n) is 20.9. The highest BCUT2D eigenvalue weighted by Gasteiger charge is 2.25. The standard InChI is InChI=1S/C25H31ClN6OS.3ClH/c1-16-15-31(2)11-12-32(16)10-4-9-27-25-28-14-20(26)23(30-25)22-13-19-18(5-3-6-21(19)34-22)24(33)29-17-7-8-17;;;/h3,5-6,13-14,16-17H,4,7-12,15H2,1-2H3,(H,29,33)(H,27,28,30);3*1H/t16-;;;/m0.../s1. The minimum Gasteiger partial charge on any atom is -0.354 e. The molecule has 5 rings (SSSR count). The number of amides is 1. The van der Waals surface area contributed by atoms with Crippen molar-refractivity contribution >= 4 is 82.1 Å². The van der Waals surface area contributed by atoms with Crippen LogP contribution in [-0.4, -0.2) is 77.5 Å². The number of halogens is 4. The molecule has 12 heteroatoms. The quantitative estimate of drug-likeness (QED) is 0.324. The van der Waals surface area contributed by atoms with Crippen molar-refractivity contribution in [3.63, 3.8) is 0 Å². The Bertz CT molecular complexity index is 1190. The summed E-state index contributed by atoms with van der Waals surface area (Å²) >= 11 is 8.09. The van der Waals surface area contributed by atoms with Gasteiger partial charge in [0.2, 0.25) is 5.95 Å². The first-order valence-corrected chi connectivity index (χ1v) is 13.2. The molecule has 2 N–H and O–H groups in total. The van der Waals surface area contributed by atoms with Gasteiger partial charge in [0.1, 0.15) is 5.69 Å². The lowest BCUT2D eigenvalue weighted by atomic mass is 10.1. The van der Waals surface area contributed by atoms with E-state index in [2.05, 4.69) is 39.4 Å². The molecule has 37 heavy (non-hydrogen) atoms. The Morgan fingerprint density at radius 3 is 2.73 bits per heavy atom. The average molecular weight is 608 g/mol. The first-order valence-electron chi connectivity index (χ1n) is 12.0. The van der Waals surface area contributed by atoms with Crippen LogP contribution in [0.1, 0.15) is 36.5 Å². The van der Waals surface area contributed by atoms with Gasteiger partial charge < -0.3 is 15.5 Å². The first kappa shape index (κ1) is 31.8. The van der Waals surface area contributed by atoms with Crippen LogP contribution in [-0.2, 0) is 0 Å². The molecular formula is C25H34Cl4N6OS. The lowest BCUT2D eigenvalue weighted by Gasteiger charge is -2.38. The number of benzene rings is 1. The molecular weight excluding hydrogens is 574 g/mol. The minimum atomic E-state index is -0.0109. The van der Waals surface area contributed by atoms with Crippen molar-refractivity contribution in [2.45, 2.75) is 38.3 Å². The molecule has 1 saturated carbocycles. The van der Waals surface area contributed by atoms with Crippen molar-refractivity contribution in [1.29, 1.82) is 0 Å². The topological polar surface area (TPSA) is 73.4 Å². The number of piperazine rings is 1. The Hall–Kier alpha value is -1.39. The number of likely N-dealkylation sites (N-methyl/N-ethyl adjacent to an activating group) is 1. The van der Waals surface area contributed by atoms with Crippen LogP contribution in [0.2, 0.25) is 5.02 Å². The zero-order valence-corrected chi connectivity index (χ0v) is 24.9. The summed E-state index contributed by atoms with van der Waals surface area (Å²) in [6.45, 7) is 7.52. The number of carbonyl (C=O) groups excluding carboxylic acids is 1. The summed E-state index contributed by atoms with van der Waals surface area (Å²) in [4.78, 5) is 27.7. The summed E-state index contributed by atoms with van der Waals surface area (Å²) in [5, 5.41) is 7.89. The van der Waals surface area contributed by atoms with Gasteiger partial charge in [-0.05, 0) is 51.4 Å². The van der Waals surface area contributed by atoms with Gasteiger partial charge in [-0.3, -0.25) is 9.69 Å². The summed E-state index contributed by atoms with van der Waals surface area (Å²) < 4.78 is 1.05. The Balaban J connectivity index is 0.00000160. The second-order valence-corrected chi connectivity index (χ2v) is 10.9. The van der Waals surface area contributed by atoms with Gasteiger partial charge >= 0.3 is 0 Å². The van der Waals surface area contributed by atoms with E-state index in [1.807, 2.05) is 24.3 Å². The molecule has 0 spiro atoms. The van der Waals surface area contributed by atoms with E-state index in [9.17, 15) is 4.79 Å². The number of hydrogen-bond donors (Lipinski definition) is 2. The number of rotatable bonds is 8. The molecule has 2 aromatic heterocycles. The highest BCUT2D eigenvalue weighted by Crippen LogP contribution is 2.37. The predicted molar refractivity (Wildman–Crippen MR) is 162 cm³/mol. The van der Waals surface area contributed by atoms with Gasteiger partial charge in [-0.25, -0.2) is 9.97 Å². The van der Waals surface area contributed by atoms with Gasteiger partial charge in [-0.1, -0.05) is 17.7 Å². The maximum atomic E-state index is 12.7. The van der Waals surface area contributed by atoms with Gasteiger partial charge in [0.25, 0.3) is 5.91 Å². The van der Waals surface area contributed by atoms with E-state index in [1.54, 1.807) is 17.5 Å². The van der Waals surface area contributed by atoms with Crippen LogP contribution in [0.25, 0.3) is 20.7 Å². The average Bonchev–Trinajstić information content (AvgIpc) is 3.52. The zero-order chi connectivity index (χ0) is 23.7. The van der Waals surface area contributed by atoms with Crippen LogP contribution in [0.4, 0.5) is 5.95 Å². The predicted octanol–water partition coefficient (Wildman–Crippen LogP) is 5.61. The van der Waals surface area contributed by atoms with Crippen LogP contribution >= 0.6 is 60.2 Å². The molecule has 3 heterocycles. The van der Waals surface area contributed by atoms with Crippen molar-refractivity contribution in [2.75, 3.05) is 45.1 Å². The van der Waals surface area contributed by atoms with Crippen LogP contribution in [0.5, 0.6) is 0 Å². The molecule has 1 saturated heterocycles. The van der Waals surface area contributed by atoms with E-state index in [0.717, 1.165) is 66.9 Å². The molecule has 2 fully saturated rings. The summed E-state index contributed by atoms with van der Waals surface area (Å²) in [5.41, 5.74) is 1.40. The molecule has 0 bridgehead atoms. The highest BCUT2D eigenvalue weighted by atomic mass is 35.5. The molecule has 1 aliphatic heterocycles. The van der Waals surface area contributed by atoms with Gasteiger partial charge in [0, 0.05) is 60.5 Å². The van der Waals surface area contributed by atoms with Crippen molar-refractivity contribution in [3.05, 3.63) is 41.0 Å². The van der Waals surface area contributed by atoms with Crippen molar-refractivity contribution in [3.8, 4) is 10.6 Å². The maximum Gasteiger partial charge on any atom is 0.252 e. The van der Waals surface area contributed by atoms with E-state index in [-0.39, 0.29) is 43.1 Å². The molecule has 204 valence electrons. The Morgan fingerprint density at radius 2 is 2.00 bits per heavy atom. The molecule has 0 radical (unpaired) electrons. The fraction of sp³-hybridized carbons (Fsp3) is 0.480. The molecule has 7 nitrogen and oxygen atoms in total. The molecule has 1 atom stereocenters. The van der Waals surface area contributed by atoms with Crippen LogP contribution in [0.3, 0.4) is 0 Å². The number of nitrogens with zero attached hydrogens (tertiary/aromatic N) is 4. The van der Waals surface area contributed by atoms with E-state index >= 15 is 0 Å².